The fraction of sp³-hybridized carbons (Fsp3) is 0. The normalized spacial score (nSPS) is 13.0. The van der Waals surface area contributed by atoms with Crippen LogP contribution in [0.1, 0.15) is 10.4 Å². The second-order valence-electron chi connectivity index (χ2n) is 2.20. The van der Waals surface area contributed by atoms with Gasteiger partial charge in [-0.15, -0.1) is 0 Å². The Morgan fingerprint density at radius 3 is 3.00 bits per heavy atom. The fourth-order valence-corrected chi connectivity index (χ4v) is 2.98. The van der Waals surface area contributed by atoms with Crippen molar-refractivity contribution in [3.05, 3.63) is 23.8 Å². The molecule has 2 rings (SSSR count). The van der Waals surface area contributed by atoms with Gasteiger partial charge in [0.1, 0.15) is 0 Å². The van der Waals surface area contributed by atoms with Gasteiger partial charge in [0.05, 0.1) is 0 Å². The Morgan fingerprint density at radius 2 is 2.25 bits per heavy atom. The summed E-state index contributed by atoms with van der Waals surface area (Å²) in [6.45, 7) is 0. The number of aromatic carboxylic acids is 1. The summed E-state index contributed by atoms with van der Waals surface area (Å²) in [5.41, 5.74) is 0.189. The van der Waals surface area contributed by atoms with Crippen LogP contribution in [0, 0.1) is 0 Å². The molecule has 1 heterocycles. The number of hydrogen-bond acceptors (Lipinski definition) is 3. The van der Waals surface area contributed by atoms with E-state index >= 15 is 0 Å². The predicted molar refractivity (Wildman–Crippen MR) is 40.4 cm³/mol. The number of benzene rings is 1. The molecule has 1 aromatic rings. The van der Waals surface area contributed by atoms with Crippen LogP contribution in [0.25, 0.3) is 0 Å². The average molecular weight is 361 g/mol. The van der Waals surface area contributed by atoms with Gasteiger partial charge in [-0.2, -0.15) is 0 Å². The van der Waals surface area contributed by atoms with Gasteiger partial charge >= 0.3 is 80.9 Å². The molecule has 0 unspecified atom stereocenters. The van der Waals surface area contributed by atoms with Gasteiger partial charge in [0.25, 0.3) is 0 Å². The molecule has 61 valence electrons. The molecule has 0 saturated carbocycles. The maximum absolute atomic E-state index is 10.6. The topological polar surface area (TPSA) is 55.8 Å². The molecule has 0 fully saturated rings. The number of carboxylic acid groups (broad SMARTS) is 1. The molecular formula is C7H4BiO4. The first kappa shape index (κ1) is 7.80. The number of rotatable bonds is 1. The number of carboxylic acids is 1. The third-order valence-electron chi connectivity index (χ3n) is 1.47. The molecule has 0 spiro atoms. The van der Waals surface area contributed by atoms with Crippen molar-refractivity contribution in [1.82, 2.24) is 0 Å². The molecule has 0 saturated heterocycles. The van der Waals surface area contributed by atoms with E-state index in [0.717, 1.165) is 0 Å². The molecular weight excluding hydrogens is 357 g/mol. The Kier molecular flexibility index (Phi) is 1.89. The zero-order valence-corrected chi connectivity index (χ0v) is 9.33. The van der Waals surface area contributed by atoms with E-state index in [9.17, 15) is 4.79 Å². The van der Waals surface area contributed by atoms with E-state index in [1.807, 2.05) is 0 Å². The van der Waals surface area contributed by atoms with Gasteiger partial charge in [0.15, 0.2) is 0 Å². The molecule has 1 aliphatic heterocycles. The summed E-state index contributed by atoms with van der Waals surface area (Å²) >= 11 is -1.36. The van der Waals surface area contributed by atoms with Crippen LogP contribution in [0.3, 0.4) is 0 Å². The maximum atomic E-state index is 10.6. The Morgan fingerprint density at radius 1 is 1.42 bits per heavy atom. The van der Waals surface area contributed by atoms with Crippen LogP contribution in [0.4, 0.5) is 0 Å². The summed E-state index contributed by atoms with van der Waals surface area (Å²) < 4.78 is 10.4. The summed E-state index contributed by atoms with van der Waals surface area (Å²) in [5, 5.41) is 8.73. The minimum atomic E-state index is -1.36. The molecule has 0 aromatic heterocycles. The average Bonchev–Trinajstić information content (AvgIpc) is 2.49. The van der Waals surface area contributed by atoms with Crippen molar-refractivity contribution in [1.29, 1.82) is 0 Å². The standard InChI is InChI=1S/C7H6O4.Bi/c8-5-3-1-2-4(6(5)9)7(10)11;/h1-3,8-9H,(H,10,11);/q;+2/p-2. The van der Waals surface area contributed by atoms with Crippen molar-refractivity contribution in [3.8, 4) is 11.5 Å². The van der Waals surface area contributed by atoms with Crippen molar-refractivity contribution in [2.45, 2.75) is 0 Å². The quantitative estimate of drug-likeness (QED) is 0.748. The Bertz CT molecular complexity index is 336. The van der Waals surface area contributed by atoms with E-state index in [2.05, 4.69) is 0 Å². The number of carbonyl (C=O) groups is 1. The molecule has 1 aromatic carbocycles. The van der Waals surface area contributed by atoms with Crippen molar-refractivity contribution in [2.24, 2.45) is 0 Å². The predicted octanol–water partition coefficient (Wildman–Crippen LogP) is 0.690. The van der Waals surface area contributed by atoms with Gasteiger partial charge in [-0.1, -0.05) is 0 Å². The van der Waals surface area contributed by atoms with Crippen molar-refractivity contribution in [2.75, 3.05) is 0 Å². The van der Waals surface area contributed by atoms with Gasteiger partial charge in [-0.3, -0.25) is 0 Å². The Labute approximate surface area is 80.9 Å². The first-order valence-corrected chi connectivity index (χ1v) is 6.03. The van der Waals surface area contributed by atoms with E-state index < -0.39 is 30.1 Å². The molecule has 0 atom stereocenters. The number of fused-ring (bicyclic) bond motifs is 1. The molecule has 12 heavy (non-hydrogen) atoms. The third-order valence-corrected chi connectivity index (χ3v) is 3.53. The summed E-state index contributed by atoms with van der Waals surface area (Å²) in [7, 11) is 0. The van der Waals surface area contributed by atoms with Crippen LogP contribution < -0.4 is 5.63 Å². The zero-order valence-electron chi connectivity index (χ0n) is 5.85. The van der Waals surface area contributed by atoms with Crippen molar-refractivity contribution < 1.29 is 15.5 Å². The molecule has 0 bridgehead atoms. The fourth-order valence-electron chi connectivity index (χ4n) is 0.946. The van der Waals surface area contributed by atoms with E-state index in [-0.39, 0.29) is 5.56 Å². The summed E-state index contributed by atoms with van der Waals surface area (Å²) in [4.78, 5) is 10.6. The van der Waals surface area contributed by atoms with Gasteiger partial charge in [0.2, 0.25) is 0 Å². The molecule has 5 heteroatoms. The summed E-state index contributed by atoms with van der Waals surface area (Å²) in [6.07, 6.45) is 0. The van der Waals surface area contributed by atoms with Crippen LogP contribution >= 0.6 is 0 Å². The molecule has 0 amide bonds. The summed E-state index contributed by atoms with van der Waals surface area (Å²) in [5.74, 6) is 0.00628. The number of para-hydroxylation sites is 1. The van der Waals surface area contributed by atoms with Gasteiger partial charge in [-0.05, 0) is 0 Å². The van der Waals surface area contributed by atoms with Gasteiger partial charge < -0.3 is 0 Å². The molecule has 1 N–H and O–H groups in total. The first-order valence-electron chi connectivity index (χ1n) is 3.20. The number of hydrogen-bond donors (Lipinski definition) is 1. The molecule has 4 nitrogen and oxygen atoms in total. The van der Waals surface area contributed by atoms with Crippen molar-refractivity contribution in [3.63, 3.8) is 0 Å². The SMILES string of the molecule is O=C(O)c1cccc2c1[O][Bi][O]2. The zero-order chi connectivity index (χ0) is 8.55. The Balaban J connectivity index is 2.56. The second-order valence-corrected chi connectivity index (χ2v) is 4.19. The van der Waals surface area contributed by atoms with Crippen LogP contribution in [0.5, 0.6) is 11.5 Å². The van der Waals surface area contributed by atoms with Gasteiger partial charge in [0, 0.05) is 0 Å². The third kappa shape index (κ3) is 1.14. The van der Waals surface area contributed by atoms with Crippen LogP contribution in [0.2, 0.25) is 0 Å². The van der Waals surface area contributed by atoms with E-state index in [0.29, 0.717) is 11.5 Å². The second kappa shape index (κ2) is 2.90. The molecule has 0 aliphatic carbocycles. The van der Waals surface area contributed by atoms with Crippen LogP contribution in [0.15, 0.2) is 18.2 Å². The molecule has 1 aliphatic rings. The van der Waals surface area contributed by atoms with E-state index in [1.165, 1.54) is 6.07 Å². The van der Waals surface area contributed by atoms with Crippen molar-refractivity contribution >= 4 is 30.1 Å². The summed E-state index contributed by atoms with van der Waals surface area (Å²) in [6, 6.07) is 4.88. The first-order chi connectivity index (χ1) is 5.79. The molecule has 1 radical (unpaired) electrons. The van der Waals surface area contributed by atoms with E-state index in [1.54, 1.807) is 12.1 Å². The monoisotopic (exact) mass is 361 g/mol. The van der Waals surface area contributed by atoms with Crippen LogP contribution in [-0.4, -0.2) is 35.2 Å². The van der Waals surface area contributed by atoms with Crippen LogP contribution in [-0.2, 0) is 0 Å². The minimum absolute atomic E-state index is 0.189. The van der Waals surface area contributed by atoms with Gasteiger partial charge in [-0.25, -0.2) is 0 Å². The Hall–Kier alpha value is -0.827. The van der Waals surface area contributed by atoms with E-state index in [4.69, 9.17) is 10.7 Å².